The standard InChI is InChI=1S/C10H19N7O2/c1-7(2)16(3)5-4-12-9-8(17(18)19)10(15-11)14-6-13-9/h6-7H,4-5,11H2,1-3H3,(H2,12,13,14,15). The molecule has 0 amide bonds. The van der Waals surface area contributed by atoms with Crippen LogP contribution in [-0.4, -0.2) is 46.0 Å². The van der Waals surface area contributed by atoms with Crippen LogP contribution in [0.2, 0.25) is 0 Å². The molecule has 0 spiro atoms. The summed E-state index contributed by atoms with van der Waals surface area (Å²) in [5, 5.41) is 13.9. The van der Waals surface area contributed by atoms with Crippen molar-refractivity contribution in [2.75, 3.05) is 30.9 Å². The number of aromatic nitrogens is 2. The van der Waals surface area contributed by atoms with Crippen LogP contribution in [0.3, 0.4) is 0 Å². The molecule has 1 rings (SSSR count). The SMILES string of the molecule is CC(C)N(C)CCNc1ncnc(NN)c1[N+](=O)[O-]. The molecule has 0 radical (unpaired) electrons. The molecule has 4 N–H and O–H groups in total. The van der Waals surface area contributed by atoms with E-state index in [1.807, 2.05) is 7.05 Å². The fraction of sp³-hybridized carbons (Fsp3) is 0.600. The molecule has 0 atom stereocenters. The third-order valence-corrected chi connectivity index (χ3v) is 2.78. The maximum Gasteiger partial charge on any atom is 0.354 e. The van der Waals surface area contributed by atoms with Crippen molar-refractivity contribution in [3.8, 4) is 0 Å². The molecule has 9 nitrogen and oxygen atoms in total. The summed E-state index contributed by atoms with van der Waals surface area (Å²) in [6.45, 7) is 5.42. The molecule has 0 saturated carbocycles. The van der Waals surface area contributed by atoms with Gasteiger partial charge in [0.2, 0.25) is 11.6 Å². The zero-order chi connectivity index (χ0) is 14.4. The van der Waals surface area contributed by atoms with E-state index in [9.17, 15) is 10.1 Å². The molecule has 9 heteroatoms. The molecular formula is C10H19N7O2. The van der Waals surface area contributed by atoms with E-state index in [0.29, 0.717) is 12.6 Å². The summed E-state index contributed by atoms with van der Waals surface area (Å²) in [7, 11) is 1.98. The largest absolute Gasteiger partial charge is 0.363 e. The highest BCUT2D eigenvalue weighted by atomic mass is 16.6. The number of rotatable bonds is 7. The first kappa shape index (κ1) is 15.1. The highest BCUT2D eigenvalue weighted by Gasteiger charge is 2.22. The zero-order valence-electron chi connectivity index (χ0n) is 11.3. The van der Waals surface area contributed by atoms with Gasteiger partial charge in [-0.05, 0) is 20.9 Å². The quantitative estimate of drug-likeness (QED) is 0.370. The first-order valence-corrected chi connectivity index (χ1v) is 5.87. The van der Waals surface area contributed by atoms with Gasteiger partial charge in [-0.2, -0.15) is 0 Å². The molecule has 19 heavy (non-hydrogen) atoms. The van der Waals surface area contributed by atoms with E-state index in [0.717, 1.165) is 6.54 Å². The Labute approximate surface area is 111 Å². The lowest BCUT2D eigenvalue weighted by atomic mass is 10.3. The average molecular weight is 269 g/mol. The topological polar surface area (TPSA) is 122 Å². The molecule has 0 aromatic carbocycles. The Morgan fingerprint density at radius 2 is 2.11 bits per heavy atom. The summed E-state index contributed by atoms with van der Waals surface area (Å²) in [5.74, 6) is 5.34. The first-order chi connectivity index (χ1) is 8.97. The number of likely N-dealkylation sites (N-methyl/N-ethyl adjacent to an activating group) is 1. The van der Waals surface area contributed by atoms with Crippen molar-refractivity contribution < 1.29 is 4.92 Å². The Morgan fingerprint density at radius 1 is 1.47 bits per heavy atom. The molecule has 1 heterocycles. The van der Waals surface area contributed by atoms with E-state index in [-0.39, 0.29) is 17.3 Å². The fourth-order valence-corrected chi connectivity index (χ4v) is 1.40. The molecular weight excluding hydrogens is 250 g/mol. The van der Waals surface area contributed by atoms with Gasteiger partial charge in [0.25, 0.3) is 0 Å². The normalized spacial score (nSPS) is 10.8. The van der Waals surface area contributed by atoms with Gasteiger partial charge in [0.05, 0.1) is 4.92 Å². The first-order valence-electron chi connectivity index (χ1n) is 5.87. The molecule has 0 aliphatic carbocycles. The van der Waals surface area contributed by atoms with Crippen LogP contribution in [0.25, 0.3) is 0 Å². The van der Waals surface area contributed by atoms with Gasteiger partial charge < -0.3 is 15.6 Å². The van der Waals surface area contributed by atoms with Gasteiger partial charge in [-0.25, -0.2) is 15.8 Å². The Hall–Kier alpha value is -2.00. The number of hydrogen-bond acceptors (Lipinski definition) is 8. The van der Waals surface area contributed by atoms with E-state index in [2.05, 4.69) is 39.5 Å². The number of nitro groups is 1. The predicted molar refractivity (Wildman–Crippen MR) is 72.8 cm³/mol. The van der Waals surface area contributed by atoms with Gasteiger partial charge in [-0.3, -0.25) is 10.1 Å². The molecule has 0 saturated heterocycles. The molecule has 0 aliphatic rings. The summed E-state index contributed by atoms with van der Waals surface area (Å²) in [6.07, 6.45) is 1.22. The fourth-order valence-electron chi connectivity index (χ4n) is 1.40. The molecule has 0 aliphatic heterocycles. The second-order valence-corrected chi connectivity index (χ2v) is 4.32. The van der Waals surface area contributed by atoms with Gasteiger partial charge in [0.15, 0.2) is 0 Å². The Balaban J connectivity index is 2.75. The number of nitrogen functional groups attached to an aromatic ring is 1. The lowest BCUT2D eigenvalue weighted by Crippen LogP contribution is -2.31. The van der Waals surface area contributed by atoms with Crippen LogP contribution < -0.4 is 16.6 Å². The minimum atomic E-state index is -0.566. The van der Waals surface area contributed by atoms with Crippen LogP contribution in [0.1, 0.15) is 13.8 Å². The molecule has 0 fully saturated rings. The minimum Gasteiger partial charge on any atom is -0.363 e. The number of hydrogen-bond donors (Lipinski definition) is 3. The Morgan fingerprint density at radius 3 is 2.63 bits per heavy atom. The van der Waals surface area contributed by atoms with Gasteiger partial charge in [0.1, 0.15) is 6.33 Å². The Kier molecular flexibility index (Phi) is 5.39. The molecule has 0 unspecified atom stereocenters. The number of nitrogens with one attached hydrogen (secondary N) is 2. The summed E-state index contributed by atoms with van der Waals surface area (Å²) in [5.41, 5.74) is 1.94. The van der Waals surface area contributed by atoms with Crippen molar-refractivity contribution in [3.63, 3.8) is 0 Å². The molecule has 1 aromatic heterocycles. The highest BCUT2D eigenvalue weighted by Crippen LogP contribution is 2.27. The number of anilines is 2. The van der Waals surface area contributed by atoms with Crippen molar-refractivity contribution in [3.05, 3.63) is 16.4 Å². The summed E-state index contributed by atoms with van der Waals surface area (Å²) >= 11 is 0. The molecule has 0 bridgehead atoms. The summed E-state index contributed by atoms with van der Waals surface area (Å²) < 4.78 is 0. The third-order valence-electron chi connectivity index (χ3n) is 2.78. The maximum atomic E-state index is 11.0. The second kappa shape index (κ2) is 6.81. The zero-order valence-corrected chi connectivity index (χ0v) is 11.3. The number of nitrogens with zero attached hydrogens (tertiary/aromatic N) is 4. The van der Waals surface area contributed by atoms with Gasteiger partial charge in [0, 0.05) is 19.1 Å². The van der Waals surface area contributed by atoms with Gasteiger partial charge in [-0.1, -0.05) is 0 Å². The van der Waals surface area contributed by atoms with E-state index in [1.165, 1.54) is 6.33 Å². The molecule has 106 valence electrons. The lowest BCUT2D eigenvalue weighted by Gasteiger charge is -2.21. The van der Waals surface area contributed by atoms with Crippen LogP contribution in [-0.2, 0) is 0 Å². The van der Waals surface area contributed by atoms with Crippen molar-refractivity contribution in [1.29, 1.82) is 0 Å². The van der Waals surface area contributed by atoms with Crippen LogP contribution in [0.5, 0.6) is 0 Å². The van der Waals surface area contributed by atoms with Crippen LogP contribution >= 0.6 is 0 Å². The van der Waals surface area contributed by atoms with Crippen molar-refractivity contribution in [2.24, 2.45) is 5.84 Å². The van der Waals surface area contributed by atoms with E-state index < -0.39 is 4.92 Å². The monoisotopic (exact) mass is 269 g/mol. The van der Waals surface area contributed by atoms with Crippen LogP contribution in [0.15, 0.2) is 6.33 Å². The van der Waals surface area contributed by atoms with Crippen molar-refractivity contribution in [1.82, 2.24) is 14.9 Å². The van der Waals surface area contributed by atoms with Crippen LogP contribution in [0, 0.1) is 10.1 Å². The summed E-state index contributed by atoms with van der Waals surface area (Å²) in [4.78, 5) is 20.1. The van der Waals surface area contributed by atoms with Crippen LogP contribution in [0.4, 0.5) is 17.3 Å². The molecule has 1 aromatic rings. The predicted octanol–water partition coefficient (Wildman–Crippen LogP) is 0.423. The average Bonchev–Trinajstić information content (AvgIpc) is 2.37. The third kappa shape index (κ3) is 4.00. The summed E-state index contributed by atoms with van der Waals surface area (Å²) in [6, 6.07) is 0.406. The smallest absolute Gasteiger partial charge is 0.354 e. The van der Waals surface area contributed by atoms with Crippen molar-refractivity contribution >= 4 is 17.3 Å². The van der Waals surface area contributed by atoms with E-state index in [4.69, 9.17) is 5.84 Å². The second-order valence-electron chi connectivity index (χ2n) is 4.32. The number of hydrazine groups is 1. The van der Waals surface area contributed by atoms with Crippen molar-refractivity contribution in [2.45, 2.75) is 19.9 Å². The van der Waals surface area contributed by atoms with E-state index in [1.54, 1.807) is 0 Å². The lowest BCUT2D eigenvalue weighted by molar-refractivity contribution is -0.383. The van der Waals surface area contributed by atoms with Gasteiger partial charge in [-0.15, -0.1) is 0 Å². The Bertz CT molecular complexity index is 438. The maximum absolute atomic E-state index is 11.0. The number of nitrogens with two attached hydrogens (primary N) is 1. The highest BCUT2D eigenvalue weighted by molar-refractivity contribution is 5.68. The van der Waals surface area contributed by atoms with E-state index >= 15 is 0 Å². The van der Waals surface area contributed by atoms with Gasteiger partial charge >= 0.3 is 5.69 Å². The minimum absolute atomic E-state index is 0.0142.